The fourth-order valence-corrected chi connectivity index (χ4v) is 1.92. The Morgan fingerprint density at radius 3 is 2.42 bits per heavy atom. The average Bonchev–Trinajstić information content (AvgIpc) is 2.39. The van der Waals surface area contributed by atoms with Gasteiger partial charge in [-0.3, -0.25) is 4.79 Å². The number of hydrogen-bond donors (Lipinski definition) is 0. The van der Waals surface area contributed by atoms with Crippen LogP contribution >= 0.6 is 0 Å². The molecule has 2 aromatic rings. The molecule has 0 N–H and O–H groups in total. The van der Waals surface area contributed by atoms with E-state index in [9.17, 15) is 4.79 Å². The molecule has 0 bridgehead atoms. The van der Waals surface area contributed by atoms with Gasteiger partial charge in [-0.15, -0.1) is 0 Å². The third kappa shape index (κ3) is 3.22. The second kappa shape index (κ2) is 5.70. The topological polar surface area (TPSA) is 26.3 Å². The molecule has 2 aromatic carbocycles. The molecule has 0 fully saturated rings. The Morgan fingerprint density at radius 1 is 1.05 bits per heavy atom. The van der Waals surface area contributed by atoms with Crippen LogP contribution in [0.25, 0.3) is 0 Å². The third-order valence-corrected chi connectivity index (χ3v) is 3.13. The molecule has 0 aromatic heterocycles. The fourth-order valence-electron chi connectivity index (χ4n) is 1.92. The van der Waals surface area contributed by atoms with Crippen LogP contribution in [-0.2, 0) is 0 Å². The average molecular weight is 254 g/mol. The van der Waals surface area contributed by atoms with Crippen LogP contribution in [0, 0.1) is 6.92 Å². The summed E-state index contributed by atoms with van der Waals surface area (Å²) in [6.07, 6.45) is 0.860. The van der Waals surface area contributed by atoms with Crippen LogP contribution in [0.15, 0.2) is 42.5 Å². The van der Waals surface area contributed by atoms with Crippen molar-refractivity contribution in [2.75, 3.05) is 0 Å². The zero-order chi connectivity index (χ0) is 13.8. The Hall–Kier alpha value is -2.09. The number of hydrogen-bond acceptors (Lipinski definition) is 2. The van der Waals surface area contributed by atoms with Gasteiger partial charge >= 0.3 is 0 Å². The van der Waals surface area contributed by atoms with Crippen LogP contribution < -0.4 is 4.74 Å². The van der Waals surface area contributed by atoms with E-state index in [1.807, 2.05) is 37.3 Å². The van der Waals surface area contributed by atoms with E-state index in [-0.39, 0.29) is 0 Å². The van der Waals surface area contributed by atoms with Crippen LogP contribution in [0.3, 0.4) is 0 Å². The molecule has 0 heterocycles. The number of carbonyl (C=O) groups is 1. The van der Waals surface area contributed by atoms with Gasteiger partial charge in [0.25, 0.3) is 0 Å². The van der Waals surface area contributed by atoms with Crippen molar-refractivity contribution in [3.63, 3.8) is 0 Å². The molecule has 2 rings (SSSR count). The molecule has 0 saturated carbocycles. The van der Waals surface area contributed by atoms with Gasteiger partial charge in [0.05, 0.1) is 0 Å². The Balaban J connectivity index is 2.23. The van der Waals surface area contributed by atoms with E-state index in [1.54, 1.807) is 6.07 Å². The highest BCUT2D eigenvalue weighted by atomic mass is 16.5. The summed E-state index contributed by atoms with van der Waals surface area (Å²) in [7, 11) is 0. The summed E-state index contributed by atoms with van der Waals surface area (Å²) in [5.74, 6) is 2.05. The van der Waals surface area contributed by atoms with Gasteiger partial charge in [0, 0.05) is 5.56 Å². The Bertz CT molecular complexity index is 586. The first kappa shape index (κ1) is 13.3. The molecule has 0 aliphatic carbocycles. The largest absolute Gasteiger partial charge is 0.457 e. The van der Waals surface area contributed by atoms with Crippen LogP contribution in [0.2, 0.25) is 0 Å². The van der Waals surface area contributed by atoms with Crippen molar-refractivity contribution in [3.8, 4) is 11.5 Å². The third-order valence-electron chi connectivity index (χ3n) is 3.13. The number of benzene rings is 2. The van der Waals surface area contributed by atoms with Gasteiger partial charge in [-0.1, -0.05) is 26.0 Å². The standard InChI is InChI=1S/C17H18O2/c1-12(2)14-5-4-6-16(10-14)19-17-8-7-15(11-18)13(3)9-17/h4-12H,1-3H3. The molecule has 98 valence electrons. The first-order valence-electron chi connectivity index (χ1n) is 6.44. The van der Waals surface area contributed by atoms with Crippen molar-refractivity contribution in [3.05, 3.63) is 59.2 Å². The molecule has 0 atom stereocenters. The first-order chi connectivity index (χ1) is 9.10. The highest BCUT2D eigenvalue weighted by Crippen LogP contribution is 2.26. The van der Waals surface area contributed by atoms with Gasteiger partial charge in [-0.05, 0) is 54.3 Å². The van der Waals surface area contributed by atoms with Crippen molar-refractivity contribution < 1.29 is 9.53 Å². The van der Waals surface area contributed by atoms with Crippen LogP contribution in [-0.4, -0.2) is 6.29 Å². The van der Waals surface area contributed by atoms with Crippen molar-refractivity contribution in [1.29, 1.82) is 0 Å². The lowest BCUT2D eigenvalue weighted by atomic mass is 10.0. The SMILES string of the molecule is Cc1cc(Oc2cccc(C(C)C)c2)ccc1C=O. The Labute approximate surface area is 114 Å². The van der Waals surface area contributed by atoms with Crippen molar-refractivity contribution in [2.24, 2.45) is 0 Å². The van der Waals surface area contributed by atoms with E-state index in [0.717, 1.165) is 23.3 Å². The molecular weight excluding hydrogens is 236 g/mol. The second-order valence-corrected chi connectivity index (χ2v) is 4.97. The molecular formula is C17H18O2. The van der Waals surface area contributed by atoms with E-state index in [0.29, 0.717) is 11.5 Å². The number of ether oxygens (including phenoxy) is 1. The second-order valence-electron chi connectivity index (χ2n) is 4.97. The molecule has 19 heavy (non-hydrogen) atoms. The van der Waals surface area contributed by atoms with Crippen LogP contribution in [0.5, 0.6) is 11.5 Å². The number of aryl methyl sites for hydroxylation is 1. The Kier molecular flexibility index (Phi) is 4.00. The summed E-state index contributed by atoms with van der Waals surface area (Å²) in [6, 6.07) is 13.6. The summed E-state index contributed by atoms with van der Waals surface area (Å²) in [6.45, 7) is 6.21. The van der Waals surface area contributed by atoms with Crippen molar-refractivity contribution in [2.45, 2.75) is 26.7 Å². The molecule has 0 radical (unpaired) electrons. The molecule has 0 aliphatic heterocycles. The van der Waals surface area contributed by atoms with E-state index in [4.69, 9.17) is 4.74 Å². The molecule has 0 spiro atoms. The predicted octanol–water partition coefficient (Wildman–Crippen LogP) is 4.72. The predicted molar refractivity (Wildman–Crippen MR) is 77.2 cm³/mol. The molecule has 0 saturated heterocycles. The zero-order valence-electron chi connectivity index (χ0n) is 11.5. The lowest BCUT2D eigenvalue weighted by Gasteiger charge is -2.10. The number of carbonyl (C=O) groups excluding carboxylic acids is 1. The van der Waals surface area contributed by atoms with Gasteiger partial charge in [0.1, 0.15) is 17.8 Å². The molecule has 0 aliphatic rings. The zero-order valence-corrected chi connectivity index (χ0v) is 11.5. The van der Waals surface area contributed by atoms with Crippen molar-refractivity contribution >= 4 is 6.29 Å². The molecule has 2 heteroatoms. The van der Waals surface area contributed by atoms with Gasteiger partial charge in [0.15, 0.2) is 0 Å². The lowest BCUT2D eigenvalue weighted by Crippen LogP contribution is -1.91. The molecule has 0 amide bonds. The monoisotopic (exact) mass is 254 g/mol. The highest BCUT2D eigenvalue weighted by Gasteiger charge is 2.04. The highest BCUT2D eigenvalue weighted by molar-refractivity contribution is 5.77. The van der Waals surface area contributed by atoms with Crippen LogP contribution in [0.1, 0.15) is 41.3 Å². The quantitative estimate of drug-likeness (QED) is 0.738. The summed E-state index contributed by atoms with van der Waals surface area (Å²) in [5, 5.41) is 0. The maximum atomic E-state index is 10.8. The van der Waals surface area contributed by atoms with Gasteiger partial charge < -0.3 is 4.74 Å². The summed E-state index contributed by atoms with van der Waals surface area (Å²) in [5.41, 5.74) is 2.87. The van der Waals surface area contributed by atoms with Crippen LogP contribution in [0.4, 0.5) is 0 Å². The van der Waals surface area contributed by atoms with Crippen molar-refractivity contribution in [1.82, 2.24) is 0 Å². The van der Waals surface area contributed by atoms with Gasteiger partial charge in [0.2, 0.25) is 0 Å². The summed E-state index contributed by atoms with van der Waals surface area (Å²) >= 11 is 0. The number of aldehydes is 1. The molecule has 2 nitrogen and oxygen atoms in total. The fraction of sp³-hybridized carbons (Fsp3) is 0.235. The normalized spacial score (nSPS) is 10.5. The minimum Gasteiger partial charge on any atom is -0.457 e. The number of rotatable bonds is 4. The van der Waals surface area contributed by atoms with E-state index >= 15 is 0 Å². The minimum absolute atomic E-state index is 0.475. The smallest absolute Gasteiger partial charge is 0.150 e. The first-order valence-corrected chi connectivity index (χ1v) is 6.44. The Morgan fingerprint density at radius 2 is 1.79 bits per heavy atom. The van der Waals surface area contributed by atoms with E-state index in [2.05, 4.69) is 19.9 Å². The van der Waals surface area contributed by atoms with Gasteiger partial charge in [-0.25, -0.2) is 0 Å². The summed E-state index contributed by atoms with van der Waals surface area (Å²) in [4.78, 5) is 10.8. The maximum absolute atomic E-state index is 10.8. The maximum Gasteiger partial charge on any atom is 0.150 e. The van der Waals surface area contributed by atoms with E-state index < -0.39 is 0 Å². The van der Waals surface area contributed by atoms with Gasteiger partial charge in [-0.2, -0.15) is 0 Å². The molecule has 0 unspecified atom stereocenters. The summed E-state index contributed by atoms with van der Waals surface area (Å²) < 4.78 is 5.83. The minimum atomic E-state index is 0.475. The van der Waals surface area contributed by atoms with E-state index in [1.165, 1.54) is 5.56 Å². The lowest BCUT2D eigenvalue weighted by molar-refractivity contribution is 0.112.